The van der Waals surface area contributed by atoms with Crippen molar-refractivity contribution in [2.75, 3.05) is 51.0 Å². The number of methoxy groups -OCH3 is 1. The molecular formula is C29H38ClN7O3S. The fraction of sp³-hybridized carbons (Fsp3) is 0.483. The predicted octanol–water partition coefficient (Wildman–Crippen LogP) is 4.83. The number of hydrogen-bond donors (Lipinski definition) is 3. The number of aromatic nitrogens is 2. The smallest absolute Gasteiger partial charge is 0.253 e. The van der Waals surface area contributed by atoms with E-state index in [0.29, 0.717) is 51.2 Å². The summed E-state index contributed by atoms with van der Waals surface area (Å²) in [6.45, 7) is 3.92. The monoisotopic (exact) mass is 599 g/mol. The topological polar surface area (TPSA) is 112 Å². The molecule has 2 aliphatic heterocycles. The first-order valence-corrected chi connectivity index (χ1v) is 15.8. The van der Waals surface area contributed by atoms with Crippen LogP contribution in [0.25, 0.3) is 0 Å². The molecule has 0 saturated carbocycles. The Morgan fingerprint density at radius 2 is 1.90 bits per heavy atom. The molecule has 3 heterocycles. The molecule has 3 aliphatic rings. The van der Waals surface area contributed by atoms with Crippen LogP contribution in [0.2, 0.25) is 5.02 Å². The lowest BCUT2D eigenvalue weighted by molar-refractivity contribution is 0.0589. The summed E-state index contributed by atoms with van der Waals surface area (Å²) >= 11 is 6.40. The number of carbonyl (C=O) groups is 1. The minimum absolute atomic E-state index is 0.0192. The Balaban J connectivity index is 1.26. The Morgan fingerprint density at radius 1 is 1.12 bits per heavy atom. The first kappa shape index (κ1) is 29.5. The molecule has 0 bridgehead atoms. The highest BCUT2D eigenvalue weighted by Gasteiger charge is 2.28. The van der Waals surface area contributed by atoms with Gasteiger partial charge in [0.25, 0.3) is 5.91 Å². The van der Waals surface area contributed by atoms with Crippen LogP contribution in [0.15, 0.2) is 47.2 Å². The van der Waals surface area contributed by atoms with E-state index in [1.165, 1.54) is 38.5 Å². The third kappa shape index (κ3) is 7.09. The number of nitrogens with one attached hydrogen (secondary N) is 3. The van der Waals surface area contributed by atoms with E-state index >= 15 is 0 Å². The summed E-state index contributed by atoms with van der Waals surface area (Å²) in [4.78, 5) is 27.4. The highest BCUT2D eigenvalue weighted by molar-refractivity contribution is 7.87. The number of allylic oxidation sites excluding steroid dienone is 3. The van der Waals surface area contributed by atoms with Crippen molar-refractivity contribution < 1.29 is 13.7 Å². The first-order chi connectivity index (χ1) is 20.0. The van der Waals surface area contributed by atoms with Crippen molar-refractivity contribution in [2.24, 2.45) is 0 Å². The van der Waals surface area contributed by atoms with Gasteiger partial charge in [0.05, 0.1) is 23.9 Å². The molecule has 1 aromatic carbocycles. The number of amides is 1. The van der Waals surface area contributed by atoms with Crippen molar-refractivity contribution in [3.8, 4) is 5.75 Å². The van der Waals surface area contributed by atoms with Gasteiger partial charge in [-0.1, -0.05) is 24.1 Å². The van der Waals surface area contributed by atoms with Crippen LogP contribution in [0.1, 0.15) is 55.3 Å². The van der Waals surface area contributed by atoms with Crippen molar-refractivity contribution in [1.82, 2.24) is 24.5 Å². The second-order valence-electron chi connectivity index (χ2n) is 10.4. The van der Waals surface area contributed by atoms with Crippen molar-refractivity contribution in [3.63, 3.8) is 0 Å². The van der Waals surface area contributed by atoms with Crippen LogP contribution in [0.3, 0.4) is 0 Å². The molecule has 1 atom stereocenters. The Bertz CT molecular complexity index is 1340. The zero-order chi connectivity index (χ0) is 28.8. The molecule has 0 spiro atoms. The minimum atomic E-state index is -1.35. The molecule has 5 rings (SSSR count). The number of carbonyl (C=O) groups excluding carboxylic acids is 1. The third-order valence-corrected chi connectivity index (χ3v) is 9.31. The largest absolute Gasteiger partial charge is 0.495 e. The normalized spacial score (nSPS) is 19.2. The molecule has 3 N–H and O–H groups in total. The average Bonchev–Trinajstić information content (AvgIpc) is 3.03. The van der Waals surface area contributed by atoms with Gasteiger partial charge in [0.15, 0.2) is 5.82 Å². The molecule has 2 saturated heterocycles. The second kappa shape index (κ2) is 13.8. The maximum Gasteiger partial charge on any atom is 0.253 e. The molecule has 2 aromatic rings. The second-order valence-corrected chi connectivity index (χ2v) is 12.2. The van der Waals surface area contributed by atoms with Crippen LogP contribution < -0.4 is 20.1 Å². The van der Waals surface area contributed by atoms with Crippen LogP contribution in [-0.4, -0.2) is 76.3 Å². The van der Waals surface area contributed by atoms with Crippen molar-refractivity contribution in [3.05, 3.63) is 57.7 Å². The summed E-state index contributed by atoms with van der Waals surface area (Å²) < 4.78 is 20.8. The first-order valence-electron chi connectivity index (χ1n) is 14.2. The molecule has 220 valence electrons. The van der Waals surface area contributed by atoms with E-state index < -0.39 is 11.0 Å². The van der Waals surface area contributed by atoms with Gasteiger partial charge in [-0.25, -0.2) is 13.9 Å². The van der Waals surface area contributed by atoms with Gasteiger partial charge in [-0.05, 0) is 82.9 Å². The number of halogens is 1. The quantitative estimate of drug-likeness (QED) is 0.376. The zero-order valence-corrected chi connectivity index (χ0v) is 25.2. The van der Waals surface area contributed by atoms with Gasteiger partial charge in [0.1, 0.15) is 21.8 Å². The number of rotatable bonds is 9. The lowest BCUT2D eigenvalue weighted by Crippen LogP contribution is -2.48. The zero-order valence-electron chi connectivity index (χ0n) is 23.6. The lowest BCUT2D eigenvalue weighted by atomic mass is 9.99. The molecule has 1 amide bonds. The summed E-state index contributed by atoms with van der Waals surface area (Å²) in [5.74, 6) is 1.24. The molecule has 2 fully saturated rings. The molecule has 41 heavy (non-hydrogen) atoms. The highest BCUT2D eigenvalue weighted by Crippen LogP contribution is 2.31. The van der Waals surface area contributed by atoms with Crippen molar-refractivity contribution in [2.45, 2.75) is 51.0 Å². The standard InChI is InChI=1S/C29H38ClN7O3S/c1-31-41(39)26-9-5-4-8-24(26)33-27-22(30)19-32-29(35-27)34-23-11-10-20(18-25(23)40-2)28(38)37-16-12-21(13-17-37)36-14-6-3-7-15-36/h5,9-11,18-19,21,31H,3-4,6-8,12-17H2,1-2H3,(H2,32,33,34,35). The van der Waals surface area contributed by atoms with E-state index in [9.17, 15) is 9.00 Å². The van der Waals surface area contributed by atoms with E-state index in [2.05, 4.69) is 30.2 Å². The summed E-state index contributed by atoms with van der Waals surface area (Å²) in [6, 6.07) is 5.95. The number of ether oxygens (including phenoxy) is 1. The summed E-state index contributed by atoms with van der Waals surface area (Å²) in [5.41, 5.74) is 2.00. The number of benzene rings is 1. The van der Waals surface area contributed by atoms with Gasteiger partial charge in [-0.3, -0.25) is 4.79 Å². The summed E-state index contributed by atoms with van der Waals surface area (Å²) in [5, 5.41) is 6.76. The Hall–Kier alpha value is -2.99. The van der Waals surface area contributed by atoms with E-state index in [1.54, 1.807) is 32.4 Å². The lowest BCUT2D eigenvalue weighted by Gasteiger charge is -2.40. The summed E-state index contributed by atoms with van der Waals surface area (Å²) in [6.07, 6.45) is 12.8. The number of likely N-dealkylation sites (tertiary alicyclic amines) is 2. The van der Waals surface area contributed by atoms with Crippen LogP contribution in [0.5, 0.6) is 5.75 Å². The number of piperidine rings is 2. The van der Waals surface area contributed by atoms with E-state index in [4.69, 9.17) is 16.3 Å². The summed E-state index contributed by atoms with van der Waals surface area (Å²) in [7, 11) is 1.87. The Labute approximate surface area is 249 Å². The van der Waals surface area contributed by atoms with Gasteiger partial charge in [0, 0.05) is 30.4 Å². The number of anilines is 3. The molecule has 1 aliphatic carbocycles. The molecule has 1 unspecified atom stereocenters. The van der Waals surface area contributed by atoms with Gasteiger partial charge in [-0.2, -0.15) is 4.98 Å². The highest BCUT2D eigenvalue weighted by atomic mass is 35.5. The van der Waals surface area contributed by atoms with Gasteiger partial charge >= 0.3 is 0 Å². The van der Waals surface area contributed by atoms with E-state index in [0.717, 1.165) is 38.0 Å². The van der Waals surface area contributed by atoms with E-state index in [1.807, 2.05) is 17.1 Å². The van der Waals surface area contributed by atoms with Crippen LogP contribution in [0.4, 0.5) is 17.5 Å². The fourth-order valence-corrected chi connectivity index (χ4v) is 6.61. The van der Waals surface area contributed by atoms with Crippen LogP contribution in [0, 0.1) is 0 Å². The molecule has 0 radical (unpaired) electrons. The minimum Gasteiger partial charge on any atom is -0.495 e. The maximum absolute atomic E-state index is 13.3. The van der Waals surface area contributed by atoms with Gasteiger partial charge < -0.3 is 25.2 Å². The van der Waals surface area contributed by atoms with Gasteiger partial charge in [-0.15, -0.1) is 0 Å². The number of nitrogens with zero attached hydrogens (tertiary/aromatic N) is 4. The molecule has 10 nitrogen and oxygen atoms in total. The van der Waals surface area contributed by atoms with Crippen molar-refractivity contribution in [1.29, 1.82) is 0 Å². The molecule has 1 aromatic heterocycles. The van der Waals surface area contributed by atoms with Gasteiger partial charge in [0.2, 0.25) is 5.95 Å². The van der Waals surface area contributed by atoms with Crippen LogP contribution >= 0.6 is 11.6 Å². The molecular weight excluding hydrogens is 562 g/mol. The maximum atomic E-state index is 13.3. The SMILES string of the molecule is CNS(=O)C1=C(Nc2nc(Nc3ccc(C(=O)N4CCC(N5CCCCC5)CC4)cc3OC)ncc2Cl)CCC=C1. The Morgan fingerprint density at radius 3 is 2.63 bits per heavy atom. The third-order valence-electron chi connectivity index (χ3n) is 7.88. The Kier molecular flexibility index (Phi) is 9.92. The average molecular weight is 600 g/mol. The van der Waals surface area contributed by atoms with Crippen LogP contribution in [-0.2, 0) is 11.0 Å². The van der Waals surface area contributed by atoms with E-state index in [-0.39, 0.29) is 5.91 Å². The fourth-order valence-electron chi connectivity index (χ4n) is 5.66. The predicted molar refractivity (Wildman–Crippen MR) is 164 cm³/mol. The van der Waals surface area contributed by atoms with Crippen molar-refractivity contribution >= 4 is 45.9 Å². The number of hydrogen-bond acceptors (Lipinski definition) is 8. The molecule has 12 heteroatoms.